The molecule has 15 heavy (non-hydrogen) atoms. The van der Waals surface area contributed by atoms with Crippen molar-refractivity contribution in [3.05, 3.63) is 39.9 Å². The van der Waals surface area contributed by atoms with E-state index in [2.05, 4.69) is 11.9 Å². The first-order valence-electron chi connectivity index (χ1n) is 4.98. The number of hydrogen-bond acceptors (Lipinski definition) is 3. The molecular weight excluding hydrogens is 192 g/mol. The Labute approximate surface area is 88.8 Å². The average Bonchev–Trinajstić information content (AvgIpc) is 2.25. The van der Waals surface area contributed by atoms with Gasteiger partial charge < -0.3 is 0 Å². The number of unbranched alkanes of at least 4 members (excludes halogenated alkanes) is 1. The second-order valence-electron chi connectivity index (χ2n) is 3.24. The zero-order valence-corrected chi connectivity index (χ0v) is 8.72. The van der Waals surface area contributed by atoms with Gasteiger partial charge in [-0.2, -0.15) is 0 Å². The third-order valence-electron chi connectivity index (χ3n) is 1.99. The Morgan fingerprint density at radius 3 is 2.60 bits per heavy atom. The normalized spacial score (nSPS) is 10.7. The summed E-state index contributed by atoms with van der Waals surface area (Å²) in [5.41, 5.74) is 1.01. The van der Waals surface area contributed by atoms with Crippen LogP contribution in [0.3, 0.4) is 0 Å². The number of rotatable bonds is 5. The summed E-state index contributed by atoms with van der Waals surface area (Å²) < 4.78 is 0. The summed E-state index contributed by atoms with van der Waals surface area (Å²) in [5.74, 6) is 0. The van der Waals surface area contributed by atoms with Crippen LogP contribution in [0.1, 0.15) is 25.3 Å². The summed E-state index contributed by atoms with van der Waals surface area (Å²) in [4.78, 5) is 14.2. The largest absolute Gasteiger partial charge is 0.293 e. The van der Waals surface area contributed by atoms with E-state index in [1.807, 2.05) is 0 Å². The number of nitro groups is 1. The summed E-state index contributed by atoms with van der Waals surface area (Å²) in [5, 5.41) is 10.4. The molecule has 4 heteroatoms. The van der Waals surface area contributed by atoms with Crippen LogP contribution >= 0.6 is 0 Å². The zero-order chi connectivity index (χ0) is 11.1. The van der Waals surface area contributed by atoms with Crippen LogP contribution in [0.15, 0.2) is 29.3 Å². The molecule has 0 N–H and O–H groups in total. The Bertz CT molecular complexity index is 344. The molecule has 0 unspecified atom stereocenters. The van der Waals surface area contributed by atoms with Crippen LogP contribution in [-0.4, -0.2) is 17.7 Å². The molecule has 0 saturated heterocycles. The lowest BCUT2D eigenvalue weighted by atomic mass is 10.2. The molecule has 0 bridgehead atoms. The van der Waals surface area contributed by atoms with Crippen LogP contribution in [-0.2, 0) is 0 Å². The van der Waals surface area contributed by atoms with Crippen LogP contribution in [0.5, 0.6) is 0 Å². The SMILES string of the molecule is CCCCN=Cc1ccc([N+](=O)[O-])cc1. The van der Waals surface area contributed by atoms with E-state index in [1.165, 1.54) is 12.1 Å². The van der Waals surface area contributed by atoms with E-state index in [0.717, 1.165) is 24.9 Å². The molecule has 0 saturated carbocycles. The Hall–Kier alpha value is -1.71. The minimum Gasteiger partial charge on any atom is -0.293 e. The summed E-state index contributed by atoms with van der Waals surface area (Å²) in [6.45, 7) is 2.93. The standard InChI is InChI=1S/C11H14N2O2/c1-2-3-8-12-9-10-4-6-11(7-5-10)13(14)15/h4-7,9H,2-3,8H2,1H3. The van der Waals surface area contributed by atoms with Crippen LogP contribution in [0, 0.1) is 10.1 Å². The van der Waals surface area contributed by atoms with Gasteiger partial charge in [0.15, 0.2) is 0 Å². The molecular formula is C11H14N2O2. The molecule has 80 valence electrons. The summed E-state index contributed by atoms with van der Waals surface area (Å²) in [6, 6.07) is 6.38. The highest BCUT2D eigenvalue weighted by molar-refractivity contribution is 5.79. The highest BCUT2D eigenvalue weighted by Gasteiger charge is 2.01. The Morgan fingerprint density at radius 1 is 1.40 bits per heavy atom. The van der Waals surface area contributed by atoms with Crippen molar-refractivity contribution in [3.63, 3.8) is 0 Å². The number of aliphatic imine (C=N–C) groups is 1. The number of nitro benzene ring substituents is 1. The molecule has 1 rings (SSSR count). The molecule has 0 radical (unpaired) electrons. The Balaban J connectivity index is 2.56. The van der Waals surface area contributed by atoms with E-state index in [-0.39, 0.29) is 5.69 Å². The quantitative estimate of drug-likeness (QED) is 0.322. The minimum absolute atomic E-state index is 0.112. The average molecular weight is 206 g/mol. The Kier molecular flexibility index (Phi) is 4.47. The van der Waals surface area contributed by atoms with Gasteiger partial charge >= 0.3 is 0 Å². The molecule has 4 nitrogen and oxygen atoms in total. The second-order valence-corrected chi connectivity index (χ2v) is 3.24. The van der Waals surface area contributed by atoms with Gasteiger partial charge in [-0.05, 0) is 24.1 Å². The first kappa shape index (κ1) is 11.4. The number of hydrogen-bond donors (Lipinski definition) is 0. The fourth-order valence-corrected chi connectivity index (χ4v) is 1.10. The molecule has 0 atom stereocenters. The first-order chi connectivity index (χ1) is 7.24. The van der Waals surface area contributed by atoms with Crippen molar-refractivity contribution < 1.29 is 4.92 Å². The maximum absolute atomic E-state index is 10.4. The summed E-state index contributed by atoms with van der Waals surface area (Å²) >= 11 is 0. The highest BCUT2D eigenvalue weighted by atomic mass is 16.6. The lowest BCUT2D eigenvalue weighted by Crippen LogP contribution is -1.89. The van der Waals surface area contributed by atoms with Gasteiger partial charge in [-0.1, -0.05) is 13.3 Å². The predicted molar refractivity (Wildman–Crippen MR) is 60.5 cm³/mol. The van der Waals surface area contributed by atoms with Crippen molar-refractivity contribution in [2.75, 3.05) is 6.54 Å². The molecule has 0 aliphatic rings. The van der Waals surface area contributed by atoms with Crippen LogP contribution in [0.2, 0.25) is 0 Å². The van der Waals surface area contributed by atoms with Gasteiger partial charge in [0.2, 0.25) is 0 Å². The lowest BCUT2D eigenvalue weighted by Gasteiger charge is -1.93. The van der Waals surface area contributed by atoms with Gasteiger partial charge in [0.25, 0.3) is 5.69 Å². The molecule has 0 aliphatic heterocycles. The number of benzene rings is 1. The van der Waals surface area contributed by atoms with Crippen molar-refractivity contribution >= 4 is 11.9 Å². The van der Waals surface area contributed by atoms with Gasteiger partial charge in [-0.15, -0.1) is 0 Å². The maximum Gasteiger partial charge on any atom is 0.269 e. The van der Waals surface area contributed by atoms with Gasteiger partial charge in [0, 0.05) is 24.9 Å². The zero-order valence-electron chi connectivity index (χ0n) is 8.72. The fourth-order valence-electron chi connectivity index (χ4n) is 1.10. The van der Waals surface area contributed by atoms with Gasteiger partial charge in [0.05, 0.1) is 4.92 Å². The highest BCUT2D eigenvalue weighted by Crippen LogP contribution is 2.10. The molecule has 0 fully saturated rings. The topological polar surface area (TPSA) is 55.5 Å². The fraction of sp³-hybridized carbons (Fsp3) is 0.364. The molecule has 0 amide bonds. The minimum atomic E-state index is -0.405. The van der Waals surface area contributed by atoms with Gasteiger partial charge in [-0.25, -0.2) is 0 Å². The van der Waals surface area contributed by atoms with Crippen molar-refractivity contribution in [2.24, 2.45) is 4.99 Å². The third-order valence-corrected chi connectivity index (χ3v) is 1.99. The van der Waals surface area contributed by atoms with E-state index in [0.29, 0.717) is 0 Å². The number of nitrogens with zero attached hydrogens (tertiary/aromatic N) is 2. The smallest absolute Gasteiger partial charge is 0.269 e. The molecule has 1 aromatic carbocycles. The van der Waals surface area contributed by atoms with Crippen LogP contribution in [0.4, 0.5) is 5.69 Å². The van der Waals surface area contributed by atoms with E-state index in [9.17, 15) is 10.1 Å². The lowest BCUT2D eigenvalue weighted by molar-refractivity contribution is -0.384. The summed E-state index contributed by atoms with van der Waals surface area (Å²) in [7, 11) is 0. The molecule has 0 aliphatic carbocycles. The van der Waals surface area contributed by atoms with Crippen molar-refractivity contribution in [1.82, 2.24) is 0 Å². The Morgan fingerprint density at radius 2 is 2.07 bits per heavy atom. The maximum atomic E-state index is 10.4. The second kappa shape index (κ2) is 5.90. The van der Waals surface area contributed by atoms with E-state index < -0.39 is 4.92 Å². The van der Waals surface area contributed by atoms with E-state index in [4.69, 9.17) is 0 Å². The van der Waals surface area contributed by atoms with E-state index >= 15 is 0 Å². The van der Waals surface area contributed by atoms with Crippen molar-refractivity contribution in [1.29, 1.82) is 0 Å². The predicted octanol–water partition coefficient (Wildman–Crippen LogP) is 2.81. The molecule has 0 heterocycles. The van der Waals surface area contributed by atoms with Gasteiger partial charge in [0.1, 0.15) is 0 Å². The molecule has 1 aromatic rings. The van der Waals surface area contributed by atoms with Crippen LogP contribution in [0.25, 0.3) is 0 Å². The summed E-state index contributed by atoms with van der Waals surface area (Å²) in [6.07, 6.45) is 3.94. The van der Waals surface area contributed by atoms with E-state index in [1.54, 1.807) is 18.3 Å². The third kappa shape index (κ3) is 3.89. The van der Waals surface area contributed by atoms with Crippen molar-refractivity contribution in [2.45, 2.75) is 19.8 Å². The monoisotopic (exact) mass is 206 g/mol. The van der Waals surface area contributed by atoms with Crippen LogP contribution < -0.4 is 0 Å². The molecule has 0 spiro atoms. The van der Waals surface area contributed by atoms with Crippen molar-refractivity contribution in [3.8, 4) is 0 Å². The molecule has 0 aromatic heterocycles. The van der Waals surface area contributed by atoms with Gasteiger partial charge in [-0.3, -0.25) is 15.1 Å². The first-order valence-corrected chi connectivity index (χ1v) is 4.98. The number of non-ortho nitro benzene ring substituents is 1.